The second-order valence-electron chi connectivity index (χ2n) is 5.29. The number of imidazole rings is 1. The van der Waals surface area contributed by atoms with Crippen LogP contribution in [0.1, 0.15) is 12.1 Å². The zero-order valence-corrected chi connectivity index (χ0v) is 12.1. The minimum absolute atomic E-state index is 0.0142. The quantitative estimate of drug-likeness (QED) is 0.791. The maximum Gasteiger partial charge on any atom is 0.227 e. The Bertz CT molecular complexity index is 807. The minimum atomic E-state index is 0.0142. The molecule has 1 atom stereocenters. The van der Waals surface area contributed by atoms with Crippen molar-refractivity contribution in [3.63, 3.8) is 0 Å². The first kappa shape index (κ1) is 12.5. The lowest BCUT2D eigenvalue weighted by Crippen LogP contribution is -2.29. The number of carbonyl (C=O) groups is 1. The Labute approximate surface area is 125 Å². The number of thiazole rings is 1. The number of hydrogen-bond donors (Lipinski definition) is 1. The molecule has 0 radical (unpaired) electrons. The number of carbonyl (C=O) groups excluding carboxylic acids is 1. The Hall–Kier alpha value is -2.21. The molecular formula is C15H14N4OS. The summed E-state index contributed by atoms with van der Waals surface area (Å²) in [5, 5.41) is 3.01. The van der Waals surface area contributed by atoms with Crippen molar-refractivity contribution < 1.29 is 4.79 Å². The van der Waals surface area contributed by atoms with Crippen molar-refractivity contribution in [1.82, 2.24) is 14.5 Å². The molecule has 0 bridgehead atoms. The number of fused-ring (bicyclic) bond motifs is 2. The van der Waals surface area contributed by atoms with Gasteiger partial charge in [0, 0.05) is 36.5 Å². The highest BCUT2D eigenvalue weighted by Crippen LogP contribution is 2.24. The summed E-state index contributed by atoms with van der Waals surface area (Å²) < 4.78 is 3.25. The lowest BCUT2D eigenvalue weighted by molar-refractivity contribution is -0.120. The molecule has 0 saturated carbocycles. The van der Waals surface area contributed by atoms with Crippen LogP contribution in [0, 0.1) is 5.92 Å². The van der Waals surface area contributed by atoms with Crippen molar-refractivity contribution in [1.29, 1.82) is 0 Å². The molecule has 21 heavy (non-hydrogen) atoms. The zero-order valence-electron chi connectivity index (χ0n) is 11.3. The first-order chi connectivity index (χ1) is 10.3. The molecule has 1 amide bonds. The summed E-state index contributed by atoms with van der Waals surface area (Å²) in [5.41, 5.74) is 4.70. The smallest absolute Gasteiger partial charge is 0.227 e. The minimum Gasteiger partial charge on any atom is -0.335 e. The van der Waals surface area contributed by atoms with Crippen LogP contribution in [0.4, 0.5) is 5.69 Å². The average Bonchev–Trinajstić information content (AvgIpc) is 3.14. The van der Waals surface area contributed by atoms with E-state index in [9.17, 15) is 4.79 Å². The van der Waals surface area contributed by atoms with Gasteiger partial charge in [0.15, 0.2) is 0 Å². The molecule has 4 rings (SSSR count). The molecule has 0 spiro atoms. The topological polar surface area (TPSA) is 59.8 Å². The van der Waals surface area contributed by atoms with E-state index in [-0.39, 0.29) is 11.8 Å². The van der Waals surface area contributed by atoms with E-state index >= 15 is 0 Å². The van der Waals surface area contributed by atoms with Gasteiger partial charge < -0.3 is 9.88 Å². The van der Waals surface area contributed by atoms with E-state index < -0.39 is 0 Å². The summed E-state index contributed by atoms with van der Waals surface area (Å²) in [7, 11) is 0. The molecule has 0 saturated heterocycles. The monoisotopic (exact) mass is 298 g/mol. The van der Waals surface area contributed by atoms with Gasteiger partial charge in [-0.3, -0.25) is 4.79 Å². The molecular weight excluding hydrogens is 284 g/mol. The number of amides is 1. The fourth-order valence-corrected chi connectivity index (χ4v) is 3.43. The lowest BCUT2D eigenvalue weighted by atomic mass is 9.95. The molecule has 1 aliphatic rings. The maximum atomic E-state index is 12.4. The van der Waals surface area contributed by atoms with E-state index in [0.29, 0.717) is 0 Å². The second-order valence-corrected chi connectivity index (χ2v) is 6.18. The van der Waals surface area contributed by atoms with Crippen molar-refractivity contribution in [2.75, 3.05) is 5.32 Å². The van der Waals surface area contributed by atoms with E-state index in [0.717, 1.165) is 41.0 Å². The fraction of sp³-hybridized carbons (Fsp3) is 0.267. The molecule has 1 unspecified atom stereocenters. The van der Waals surface area contributed by atoms with Crippen LogP contribution in [0.25, 0.3) is 10.2 Å². The predicted octanol–water partition coefficient (Wildman–Crippen LogP) is 2.69. The van der Waals surface area contributed by atoms with Crippen LogP contribution >= 0.6 is 11.3 Å². The van der Waals surface area contributed by atoms with Crippen LogP contribution in [-0.4, -0.2) is 20.4 Å². The summed E-state index contributed by atoms with van der Waals surface area (Å²) in [5.74, 6) is 0.0948. The SMILES string of the molecule is O=C(Nc1ccc2scnc2c1)C1CCn2cncc2C1. The van der Waals surface area contributed by atoms with Gasteiger partial charge in [-0.2, -0.15) is 0 Å². The first-order valence-corrected chi connectivity index (χ1v) is 7.81. The van der Waals surface area contributed by atoms with Crippen molar-refractivity contribution >= 4 is 33.1 Å². The number of aromatic nitrogens is 3. The van der Waals surface area contributed by atoms with Gasteiger partial charge in [-0.05, 0) is 24.6 Å². The number of rotatable bonds is 2. The third-order valence-electron chi connectivity index (χ3n) is 3.94. The summed E-state index contributed by atoms with van der Waals surface area (Å²) in [6, 6.07) is 5.86. The number of anilines is 1. The van der Waals surface area contributed by atoms with Crippen LogP contribution in [-0.2, 0) is 17.8 Å². The van der Waals surface area contributed by atoms with E-state index in [1.54, 1.807) is 11.3 Å². The Morgan fingerprint density at radius 2 is 2.38 bits per heavy atom. The van der Waals surface area contributed by atoms with Crippen LogP contribution in [0.15, 0.2) is 36.2 Å². The normalized spacial score (nSPS) is 17.6. The number of benzene rings is 1. The maximum absolute atomic E-state index is 12.4. The fourth-order valence-electron chi connectivity index (χ4n) is 2.77. The number of nitrogens with one attached hydrogen (secondary N) is 1. The zero-order chi connectivity index (χ0) is 14.2. The molecule has 3 heterocycles. The molecule has 1 aromatic carbocycles. The highest BCUT2D eigenvalue weighted by atomic mass is 32.1. The van der Waals surface area contributed by atoms with Gasteiger partial charge in [-0.1, -0.05) is 0 Å². The Morgan fingerprint density at radius 1 is 1.43 bits per heavy atom. The van der Waals surface area contributed by atoms with Gasteiger partial charge >= 0.3 is 0 Å². The summed E-state index contributed by atoms with van der Waals surface area (Å²) in [6.45, 7) is 0.860. The van der Waals surface area contributed by atoms with Crippen molar-refractivity contribution in [2.24, 2.45) is 5.92 Å². The van der Waals surface area contributed by atoms with Crippen molar-refractivity contribution in [3.8, 4) is 0 Å². The standard InChI is InChI=1S/C15H14N4OS/c20-15(10-3-4-19-8-16-7-12(19)5-10)18-11-1-2-14-13(6-11)17-9-21-14/h1-2,6-10H,3-5H2,(H,18,20). The highest BCUT2D eigenvalue weighted by molar-refractivity contribution is 7.16. The number of hydrogen-bond acceptors (Lipinski definition) is 4. The van der Waals surface area contributed by atoms with Crippen LogP contribution in [0.2, 0.25) is 0 Å². The van der Waals surface area contributed by atoms with Crippen molar-refractivity contribution in [2.45, 2.75) is 19.4 Å². The molecule has 106 valence electrons. The number of nitrogens with zero attached hydrogens (tertiary/aromatic N) is 3. The molecule has 0 aliphatic carbocycles. The van der Waals surface area contributed by atoms with Gasteiger partial charge in [-0.15, -0.1) is 11.3 Å². The first-order valence-electron chi connectivity index (χ1n) is 6.93. The van der Waals surface area contributed by atoms with Gasteiger partial charge in [0.1, 0.15) is 0 Å². The van der Waals surface area contributed by atoms with Gasteiger partial charge in [0.2, 0.25) is 5.91 Å². The van der Waals surface area contributed by atoms with E-state index in [1.165, 1.54) is 0 Å². The Balaban J connectivity index is 1.50. The van der Waals surface area contributed by atoms with Gasteiger partial charge in [0.25, 0.3) is 0 Å². The largest absolute Gasteiger partial charge is 0.335 e. The summed E-state index contributed by atoms with van der Waals surface area (Å²) in [4.78, 5) is 20.8. The van der Waals surface area contributed by atoms with Crippen LogP contribution in [0.5, 0.6) is 0 Å². The molecule has 1 N–H and O–H groups in total. The molecule has 3 aromatic rings. The third-order valence-corrected chi connectivity index (χ3v) is 4.75. The van der Waals surface area contributed by atoms with E-state index in [2.05, 4.69) is 19.9 Å². The molecule has 5 nitrogen and oxygen atoms in total. The number of aryl methyl sites for hydroxylation is 1. The summed E-state index contributed by atoms with van der Waals surface area (Å²) in [6.07, 6.45) is 5.29. The van der Waals surface area contributed by atoms with E-state index in [4.69, 9.17) is 0 Å². The molecule has 2 aromatic heterocycles. The average molecular weight is 298 g/mol. The Morgan fingerprint density at radius 3 is 3.33 bits per heavy atom. The Kier molecular flexibility index (Phi) is 2.96. The molecule has 0 fully saturated rings. The summed E-state index contributed by atoms with van der Waals surface area (Å²) >= 11 is 1.60. The van der Waals surface area contributed by atoms with Gasteiger partial charge in [-0.25, -0.2) is 9.97 Å². The van der Waals surface area contributed by atoms with Gasteiger partial charge in [0.05, 0.1) is 22.1 Å². The lowest BCUT2D eigenvalue weighted by Gasteiger charge is -2.22. The van der Waals surface area contributed by atoms with Crippen molar-refractivity contribution in [3.05, 3.63) is 41.9 Å². The molecule has 6 heteroatoms. The van der Waals surface area contributed by atoms with E-state index in [1.807, 2.05) is 36.2 Å². The third kappa shape index (κ3) is 2.31. The molecule has 1 aliphatic heterocycles. The van der Waals surface area contributed by atoms with Crippen LogP contribution < -0.4 is 5.32 Å². The van der Waals surface area contributed by atoms with Crippen LogP contribution in [0.3, 0.4) is 0 Å². The highest BCUT2D eigenvalue weighted by Gasteiger charge is 2.24. The predicted molar refractivity (Wildman–Crippen MR) is 82.3 cm³/mol. The second kappa shape index (κ2) is 4.96.